The number of phenols is 1. The quantitative estimate of drug-likeness (QED) is 0.294. The van der Waals surface area contributed by atoms with E-state index >= 15 is 0 Å². The van der Waals surface area contributed by atoms with Crippen molar-refractivity contribution >= 4 is 35.2 Å². The molecule has 0 aliphatic carbocycles. The van der Waals surface area contributed by atoms with Gasteiger partial charge in [-0.05, 0) is 37.6 Å². The summed E-state index contributed by atoms with van der Waals surface area (Å²) >= 11 is 0. The molecule has 3 rings (SSSR count). The van der Waals surface area contributed by atoms with Gasteiger partial charge in [0.2, 0.25) is 5.43 Å². The Balaban J connectivity index is 2.01. The molecule has 3 aromatic rings. The molecule has 1 aromatic heterocycles. The van der Waals surface area contributed by atoms with Crippen LogP contribution in [0.15, 0.2) is 51.9 Å². The van der Waals surface area contributed by atoms with Crippen molar-refractivity contribution in [1.29, 1.82) is 0 Å². The predicted octanol–water partition coefficient (Wildman–Crippen LogP) is 3.12. The molecule has 0 aliphatic rings. The highest BCUT2D eigenvalue weighted by atomic mass is 16.7. The van der Waals surface area contributed by atoms with Gasteiger partial charge in [0.05, 0.1) is 18.6 Å². The first-order chi connectivity index (χ1) is 17.6. The van der Waals surface area contributed by atoms with E-state index < -0.39 is 47.0 Å². The number of carboxylic acid groups (broad SMARTS) is 1. The summed E-state index contributed by atoms with van der Waals surface area (Å²) in [4.78, 5) is 61.3. The standard InChI is InChI=1S/C24H21NO12/c1-3-33-23(31)36-17-9-14-16(10-18(17)37-24(32)34-4-2)35-11-15(20(14)27)21(28)25-19(22(29)30)12-5-7-13(26)8-6-12/h5-11,19,26H,3-4H2,1-2H3,(H,25,28)(H,29,30)/t19-/m1/s1. The van der Waals surface area contributed by atoms with Crippen molar-refractivity contribution in [1.82, 2.24) is 5.32 Å². The van der Waals surface area contributed by atoms with Crippen molar-refractivity contribution < 1.29 is 52.8 Å². The number of aromatic hydroxyl groups is 1. The van der Waals surface area contributed by atoms with E-state index in [-0.39, 0.29) is 41.2 Å². The molecule has 0 fully saturated rings. The third-order valence-corrected chi connectivity index (χ3v) is 4.74. The number of nitrogens with one attached hydrogen (secondary N) is 1. The Morgan fingerprint density at radius 1 is 0.946 bits per heavy atom. The van der Waals surface area contributed by atoms with E-state index in [1.807, 2.05) is 0 Å². The number of phenolic OH excluding ortho intramolecular Hbond substituents is 1. The van der Waals surface area contributed by atoms with Crippen LogP contribution < -0.4 is 20.2 Å². The van der Waals surface area contributed by atoms with E-state index in [4.69, 9.17) is 23.4 Å². The number of hydrogen-bond acceptors (Lipinski definition) is 11. The summed E-state index contributed by atoms with van der Waals surface area (Å²) in [5.41, 5.74) is -1.47. The highest BCUT2D eigenvalue weighted by molar-refractivity contribution is 5.99. The number of carbonyl (C=O) groups excluding carboxylic acids is 3. The Kier molecular flexibility index (Phi) is 8.30. The lowest BCUT2D eigenvalue weighted by Gasteiger charge is -2.15. The van der Waals surface area contributed by atoms with Crippen molar-refractivity contribution in [3.05, 3.63) is 64.0 Å². The van der Waals surface area contributed by atoms with Crippen LogP contribution in [0.3, 0.4) is 0 Å². The molecule has 1 amide bonds. The number of carboxylic acids is 1. The zero-order chi connectivity index (χ0) is 27.1. The molecule has 0 saturated carbocycles. The molecule has 13 nitrogen and oxygen atoms in total. The third-order valence-electron chi connectivity index (χ3n) is 4.74. The Bertz CT molecular complexity index is 1390. The third kappa shape index (κ3) is 6.33. The highest BCUT2D eigenvalue weighted by Crippen LogP contribution is 2.32. The fourth-order valence-electron chi connectivity index (χ4n) is 3.09. The van der Waals surface area contributed by atoms with Crippen LogP contribution in [0, 0.1) is 0 Å². The van der Waals surface area contributed by atoms with E-state index in [0.29, 0.717) is 0 Å². The molecule has 2 aromatic carbocycles. The van der Waals surface area contributed by atoms with E-state index in [1.54, 1.807) is 6.92 Å². The van der Waals surface area contributed by atoms with Crippen LogP contribution in [-0.4, -0.2) is 47.6 Å². The van der Waals surface area contributed by atoms with Crippen molar-refractivity contribution in [2.45, 2.75) is 19.9 Å². The Morgan fingerprint density at radius 2 is 1.51 bits per heavy atom. The lowest BCUT2D eigenvalue weighted by Crippen LogP contribution is -2.36. The minimum atomic E-state index is -1.55. The molecule has 3 N–H and O–H groups in total. The first kappa shape index (κ1) is 26.5. The number of hydrogen-bond donors (Lipinski definition) is 3. The average molecular weight is 515 g/mol. The number of benzene rings is 2. The molecular formula is C24H21NO12. The van der Waals surface area contributed by atoms with E-state index in [9.17, 15) is 34.2 Å². The van der Waals surface area contributed by atoms with Crippen LogP contribution in [0.5, 0.6) is 17.2 Å². The highest BCUT2D eigenvalue weighted by Gasteiger charge is 2.26. The molecule has 194 valence electrons. The van der Waals surface area contributed by atoms with E-state index in [0.717, 1.165) is 18.4 Å². The summed E-state index contributed by atoms with van der Waals surface area (Å²) in [5, 5.41) is 20.9. The summed E-state index contributed by atoms with van der Waals surface area (Å²) in [5.74, 6) is -3.35. The largest absolute Gasteiger partial charge is 0.513 e. The fraction of sp³-hybridized carbons (Fsp3) is 0.208. The lowest BCUT2D eigenvalue weighted by molar-refractivity contribution is -0.139. The number of fused-ring (bicyclic) bond motifs is 1. The first-order valence-corrected chi connectivity index (χ1v) is 10.8. The minimum absolute atomic E-state index is 0.00445. The topological polar surface area (TPSA) is 188 Å². The molecule has 0 spiro atoms. The SMILES string of the molecule is CCOC(=O)Oc1cc2occ(C(=O)N[C@@H](C(=O)O)c3ccc(O)cc3)c(=O)c2cc1OC(=O)OCC. The van der Waals surface area contributed by atoms with Gasteiger partial charge in [-0.1, -0.05) is 12.1 Å². The van der Waals surface area contributed by atoms with Crippen LogP contribution in [0.1, 0.15) is 35.8 Å². The number of amides is 1. The first-order valence-electron chi connectivity index (χ1n) is 10.8. The van der Waals surface area contributed by atoms with Crippen LogP contribution in [0.4, 0.5) is 9.59 Å². The maximum atomic E-state index is 13.1. The van der Waals surface area contributed by atoms with Gasteiger partial charge in [-0.2, -0.15) is 0 Å². The van der Waals surface area contributed by atoms with Gasteiger partial charge in [-0.15, -0.1) is 0 Å². The number of aliphatic carboxylic acids is 1. The molecule has 13 heteroatoms. The molecule has 37 heavy (non-hydrogen) atoms. The van der Waals surface area contributed by atoms with Gasteiger partial charge < -0.3 is 38.9 Å². The maximum absolute atomic E-state index is 13.1. The van der Waals surface area contributed by atoms with Crippen molar-refractivity contribution in [2.75, 3.05) is 13.2 Å². The molecule has 0 bridgehead atoms. The van der Waals surface area contributed by atoms with Gasteiger partial charge >= 0.3 is 18.3 Å². The van der Waals surface area contributed by atoms with Gasteiger partial charge in [-0.25, -0.2) is 14.4 Å². The minimum Gasteiger partial charge on any atom is -0.508 e. The van der Waals surface area contributed by atoms with E-state index in [2.05, 4.69) is 5.32 Å². The zero-order valence-corrected chi connectivity index (χ0v) is 19.5. The number of rotatable bonds is 8. The summed E-state index contributed by atoms with van der Waals surface area (Å²) in [6.07, 6.45) is -1.48. The molecule has 1 atom stereocenters. The molecule has 0 saturated heterocycles. The van der Waals surface area contributed by atoms with Crippen LogP contribution in [0.2, 0.25) is 0 Å². The van der Waals surface area contributed by atoms with Gasteiger partial charge in [0.1, 0.15) is 23.2 Å². The monoisotopic (exact) mass is 515 g/mol. The number of carbonyl (C=O) groups is 4. The molecule has 1 heterocycles. The Labute approximate surface area is 208 Å². The molecular weight excluding hydrogens is 494 g/mol. The average Bonchev–Trinajstić information content (AvgIpc) is 2.84. The number of ether oxygens (including phenoxy) is 4. The van der Waals surface area contributed by atoms with Crippen molar-refractivity contribution in [3.63, 3.8) is 0 Å². The Hall–Kier alpha value is -5.07. The second-order valence-electron chi connectivity index (χ2n) is 7.18. The van der Waals surface area contributed by atoms with Gasteiger partial charge in [0.25, 0.3) is 5.91 Å². The zero-order valence-electron chi connectivity index (χ0n) is 19.5. The van der Waals surface area contributed by atoms with Gasteiger partial charge in [0, 0.05) is 6.07 Å². The van der Waals surface area contributed by atoms with Crippen molar-refractivity contribution in [2.24, 2.45) is 0 Å². The summed E-state index contributed by atoms with van der Waals surface area (Å²) in [7, 11) is 0. The van der Waals surface area contributed by atoms with Gasteiger partial charge in [0.15, 0.2) is 17.5 Å². The molecule has 0 radical (unpaired) electrons. The molecule has 0 unspecified atom stereocenters. The molecule has 0 aliphatic heterocycles. The summed E-state index contributed by atoms with van der Waals surface area (Å²) in [6.45, 7) is 3.04. The second kappa shape index (κ2) is 11.6. The normalized spacial score (nSPS) is 11.3. The fourth-order valence-corrected chi connectivity index (χ4v) is 3.09. The summed E-state index contributed by atoms with van der Waals surface area (Å²) in [6, 6.07) is 5.58. The van der Waals surface area contributed by atoms with Crippen molar-refractivity contribution in [3.8, 4) is 17.2 Å². The lowest BCUT2D eigenvalue weighted by atomic mass is 10.1. The maximum Gasteiger partial charge on any atom is 0.513 e. The Morgan fingerprint density at radius 3 is 2.05 bits per heavy atom. The van der Waals surface area contributed by atoms with Gasteiger partial charge in [-0.3, -0.25) is 9.59 Å². The summed E-state index contributed by atoms with van der Waals surface area (Å²) < 4.78 is 24.8. The van der Waals surface area contributed by atoms with E-state index in [1.165, 1.54) is 31.2 Å². The van der Waals surface area contributed by atoms with Crippen LogP contribution >= 0.6 is 0 Å². The predicted molar refractivity (Wildman–Crippen MR) is 124 cm³/mol. The smallest absolute Gasteiger partial charge is 0.508 e. The van der Waals surface area contributed by atoms with Crippen LogP contribution in [0.25, 0.3) is 11.0 Å². The van der Waals surface area contributed by atoms with Crippen LogP contribution in [-0.2, 0) is 14.3 Å². The second-order valence-corrected chi connectivity index (χ2v) is 7.18.